The van der Waals surface area contributed by atoms with Gasteiger partial charge in [-0.05, 0) is 31.4 Å². The minimum Gasteiger partial charge on any atom is -0.322 e. The lowest BCUT2D eigenvalue weighted by atomic mass is 9.85. The summed E-state index contributed by atoms with van der Waals surface area (Å²) < 4.78 is 13.5. The molecule has 0 bridgehead atoms. The first-order valence-corrected chi connectivity index (χ1v) is 5.45. The molecule has 1 atom stereocenters. The topological polar surface area (TPSA) is 38.9 Å². The van der Waals surface area contributed by atoms with Crippen molar-refractivity contribution >= 4 is 0 Å². The Balaban J connectivity index is 3.18. The summed E-state index contributed by atoms with van der Waals surface area (Å²) in [4.78, 5) is 3.66. The van der Waals surface area contributed by atoms with Crippen LogP contribution in [-0.2, 0) is 12.0 Å². The van der Waals surface area contributed by atoms with Gasteiger partial charge in [0.05, 0.1) is 0 Å². The number of rotatable bonds is 4. The first kappa shape index (κ1) is 12.1. The van der Waals surface area contributed by atoms with Crippen LogP contribution in [0.5, 0.6) is 0 Å². The van der Waals surface area contributed by atoms with Crippen molar-refractivity contribution in [3.63, 3.8) is 0 Å². The average molecular weight is 210 g/mol. The SMILES string of the molecule is CCCC(C)(N)c1ccnc(F)c1CC. The van der Waals surface area contributed by atoms with Gasteiger partial charge in [0, 0.05) is 17.3 Å². The fourth-order valence-corrected chi connectivity index (χ4v) is 1.99. The Morgan fingerprint density at radius 3 is 2.67 bits per heavy atom. The van der Waals surface area contributed by atoms with Crippen LogP contribution in [0.25, 0.3) is 0 Å². The lowest BCUT2D eigenvalue weighted by Gasteiger charge is -2.27. The van der Waals surface area contributed by atoms with E-state index in [1.807, 2.05) is 19.9 Å². The molecule has 1 aromatic heterocycles. The summed E-state index contributed by atoms with van der Waals surface area (Å²) in [6, 6.07) is 1.83. The molecule has 0 spiro atoms. The summed E-state index contributed by atoms with van der Waals surface area (Å²) in [5.74, 6) is -0.386. The van der Waals surface area contributed by atoms with Crippen molar-refractivity contribution in [1.82, 2.24) is 4.98 Å². The maximum absolute atomic E-state index is 13.5. The van der Waals surface area contributed by atoms with Crippen molar-refractivity contribution in [1.29, 1.82) is 0 Å². The first-order chi connectivity index (χ1) is 7.03. The Hall–Kier alpha value is -0.960. The Labute approximate surface area is 90.7 Å². The molecular weight excluding hydrogens is 191 g/mol. The van der Waals surface area contributed by atoms with Crippen LogP contribution in [0, 0.1) is 5.95 Å². The van der Waals surface area contributed by atoms with E-state index in [4.69, 9.17) is 5.73 Å². The first-order valence-electron chi connectivity index (χ1n) is 5.45. The lowest BCUT2D eigenvalue weighted by molar-refractivity contribution is 0.435. The molecule has 2 N–H and O–H groups in total. The molecular formula is C12H19FN2. The number of nitrogens with two attached hydrogens (primary N) is 1. The molecule has 0 aliphatic rings. The maximum atomic E-state index is 13.5. The summed E-state index contributed by atoms with van der Waals surface area (Å²) in [6.07, 6.45) is 3.96. The quantitative estimate of drug-likeness (QED) is 0.776. The van der Waals surface area contributed by atoms with Crippen molar-refractivity contribution in [2.75, 3.05) is 0 Å². The molecule has 0 saturated heterocycles. The van der Waals surface area contributed by atoms with Crippen molar-refractivity contribution in [3.8, 4) is 0 Å². The molecule has 1 aromatic rings. The van der Waals surface area contributed by atoms with E-state index in [2.05, 4.69) is 11.9 Å². The Morgan fingerprint density at radius 2 is 2.13 bits per heavy atom. The van der Waals surface area contributed by atoms with Crippen LogP contribution in [0.3, 0.4) is 0 Å². The van der Waals surface area contributed by atoms with Gasteiger partial charge in [-0.15, -0.1) is 0 Å². The summed E-state index contributed by atoms with van der Waals surface area (Å²) in [5.41, 5.74) is 7.28. The van der Waals surface area contributed by atoms with Gasteiger partial charge in [-0.25, -0.2) is 4.98 Å². The van der Waals surface area contributed by atoms with Gasteiger partial charge in [-0.2, -0.15) is 4.39 Å². The van der Waals surface area contributed by atoms with Gasteiger partial charge >= 0.3 is 0 Å². The third kappa shape index (κ3) is 2.53. The smallest absolute Gasteiger partial charge is 0.216 e. The second kappa shape index (κ2) is 4.71. The molecule has 0 saturated carbocycles. The van der Waals surface area contributed by atoms with Gasteiger partial charge < -0.3 is 5.73 Å². The molecule has 84 valence electrons. The van der Waals surface area contributed by atoms with Crippen molar-refractivity contribution in [2.24, 2.45) is 5.73 Å². The van der Waals surface area contributed by atoms with E-state index < -0.39 is 5.54 Å². The molecule has 3 heteroatoms. The van der Waals surface area contributed by atoms with Gasteiger partial charge in [0.2, 0.25) is 5.95 Å². The molecule has 0 aliphatic heterocycles. The van der Waals surface area contributed by atoms with E-state index in [1.165, 1.54) is 6.20 Å². The van der Waals surface area contributed by atoms with Crippen molar-refractivity contribution in [2.45, 2.75) is 45.6 Å². The van der Waals surface area contributed by atoms with Crippen LogP contribution in [0.1, 0.15) is 44.7 Å². The van der Waals surface area contributed by atoms with Crippen LogP contribution >= 0.6 is 0 Å². The zero-order valence-electron chi connectivity index (χ0n) is 9.68. The molecule has 0 aromatic carbocycles. The number of hydrogen-bond donors (Lipinski definition) is 1. The van der Waals surface area contributed by atoms with Gasteiger partial charge in [0.1, 0.15) is 0 Å². The molecule has 0 fully saturated rings. The second-order valence-corrected chi connectivity index (χ2v) is 4.15. The van der Waals surface area contributed by atoms with Crippen molar-refractivity contribution < 1.29 is 4.39 Å². The normalized spacial score (nSPS) is 15.0. The molecule has 0 aliphatic carbocycles. The van der Waals surface area contributed by atoms with Gasteiger partial charge in [-0.3, -0.25) is 0 Å². The highest BCUT2D eigenvalue weighted by molar-refractivity contribution is 5.31. The molecule has 0 radical (unpaired) electrons. The second-order valence-electron chi connectivity index (χ2n) is 4.15. The van der Waals surface area contributed by atoms with E-state index in [0.717, 1.165) is 18.4 Å². The largest absolute Gasteiger partial charge is 0.322 e. The maximum Gasteiger partial charge on any atom is 0.216 e. The molecule has 0 amide bonds. The van der Waals surface area contributed by atoms with Crippen LogP contribution in [0.4, 0.5) is 4.39 Å². The zero-order chi connectivity index (χ0) is 11.5. The fourth-order valence-electron chi connectivity index (χ4n) is 1.99. The van der Waals surface area contributed by atoms with Gasteiger partial charge in [0.25, 0.3) is 0 Å². The number of aromatic nitrogens is 1. The highest BCUT2D eigenvalue weighted by Crippen LogP contribution is 2.27. The average Bonchev–Trinajstić information content (AvgIpc) is 2.17. The van der Waals surface area contributed by atoms with Crippen LogP contribution in [0.2, 0.25) is 0 Å². The molecule has 15 heavy (non-hydrogen) atoms. The Morgan fingerprint density at radius 1 is 1.47 bits per heavy atom. The summed E-state index contributed by atoms with van der Waals surface area (Å²) >= 11 is 0. The Bertz CT molecular complexity index is 334. The summed E-state index contributed by atoms with van der Waals surface area (Å²) in [7, 11) is 0. The van der Waals surface area contributed by atoms with E-state index in [1.54, 1.807) is 0 Å². The monoisotopic (exact) mass is 210 g/mol. The molecule has 1 unspecified atom stereocenters. The number of hydrogen-bond acceptors (Lipinski definition) is 2. The lowest BCUT2D eigenvalue weighted by Crippen LogP contribution is -2.34. The number of halogens is 1. The van der Waals surface area contributed by atoms with Gasteiger partial charge in [0.15, 0.2) is 0 Å². The summed E-state index contributed by atoms with van der Waals surface area (Å²) in [6.45, 7) is 5.95. The van der Waals surface area contributed by atoms with Crippen LogP contribution < -0.4 is 5.73 Å². The Kier molecular flexibility index (Phi) is 3.80. The minimum atomic E-state index is -0.454. The standard InChI is InChI=1S/C12H19FN2/c1-4-7-12(3,14)10-6-8-15-11(13)9(10)5-2/h6,8H,4-5,7,14H2,1-3H3. The predicted molar refractivity (Wildman–Crippen MR) is 60.0 cm³/mol. The number of pyridine rings is 1. The minimum absolute atomic E-state index is 0.386. The van der Waals surface area contributed by atoms with Crippen molar-refractivity contribution in [3.05, 3.63) is 29.3 Å². The summed E-state index contributed by atoms with van der Waals surface area (Å²) in [5, 5.41) is 0. The highest BCUT2D eigenvalue weighted by atomic mass is 19.1. The van der Waals surface area contributed by atoms with Gasteiger partial charge in [-0.1, -0.05) is 20.3 Å². The van der Waals surface area contributed by atoms with E-state index in [0.29, 0.717) is 12.0 Å². The van der Waals surface area contributed by atoms with Crippen LogP contribution in [0.15, 0.2) is 12.3 Å². The fraction of sp³-hybridized carbons (Fsp3) is 0.583. The molecule has 1 rings (SSSR count). The third-order valence-corrected chi connectivity index (χ3v) is 2.74. The third-order valence-electron chi connectivity index (χ3n) is 2.74. The molecule has 1 heterocycles. The predicted octanol–water partition coefficient (Wildman–Crippen LogP) is 2.76. The number of nitrogens with zero attached hydrogens (tertiary/aromatic N) is 1. The highest BCUT2D eigenvalue weighted by Gasteiger charge is 2.24. The van der Waals surface area contributed by atoms with Crippen LogP contribution in [-0.4, -0.2) is 4.98 Å². The zero-order valence-corrected chi connectivity index (χ0v) is 9.68. The molecule has 2 nitrogen and oxygen atoms in total. The van der Waals surface area contributed by atoms with E-state index in [-0.39, 0.29) is 5.95 Å². The van der Waals surface area contributed by atoms with E-state index in [9.17, 15) is 4.39 Å². The van der Waals surface area contributed by atoms with E-state index >= 15 is 0 Å².